The lowest BCUT2D eigenvalue weighted by atomic mass is 10.0. The smallest absolute Gasteiger partial charge is 0.193 e. The van der Waals surface area contributed by atoms with Crippen molar-refractivity contribution in [2.75, 3.05) is 31.2 Å². The van der Waals surface area contributed by atoms with Crippen molar-refractivity contribution in [1.82, 2.24) is 19.4 Å². The number of aromatic nitrogens is 3. The predicted octanol–water partition coefficient (Wildman–Crippen LogP) is 4.92. The number of ether oxygens (including phenoxy) is 1. The van der Waals surface area contributed by atoms with Crippen LogP contribution in [-0.2, 0) is 13.1 Å². The Morgan fingerprint density at radius 3 is 2.67 bits per heavy atom. The minimum Gasteiger partial charge on any atom is -0.488 e. The Hall–Kier alpha value is -3.82. The van der Waals surface area contributed by atoms with Crippen LogP contribution in [0.1, 0.15) is 54.2 Å². The van der Waals surface area contributed by atoms with Crippen LogP contribution in [0.4, 0.5) is 10.1 Å². The number of halogens is 1. The fourth-order valence-electron chi connectivity index (χ4n) is 6.05. The maximum absolute atomic E-state index is 15.0. The zero-order valence-electron chi connectivity index (χ0n) is 24.3. The van der Waals surface area contributed by atoms with Gasteiger partial charge < -0.3 is 19.3 Å². The number of piperidine rings is 1. The summed E-state index contributed by atoms with van der Waals surface area (Å²) in [6.45, 7) is 6.70. The number of aliphatic hydroxyl groups is 1. The Bertz CT molecular complexity index is 1620. The lowest BCUT2D eigenvalue weighted by Gasteiger charge is -2.40. The Kier molecular flexibility index (Phi) is 8.22. The number of anilines is 1. The summed E-state index contributed by atoms with van der Waals surface area (Å²) in [4.78, 5) is 27.6. The van der Waals surface area contributed by atoms with Crippen molar-refractivity contribution in [2.24, 2.45) is 0 Å². The van der Waals surface area contributed by atoms with Crippen LogP contribution >= 0.6 is 0 Å². The van der Waals surface area contributed by atoms with Gasteiger partial charge in [0.15, 0.2) is 17.0 Å². The Balaban J connectivity index is 1.36. The van der Waals surface area contributed by atoms with E-state index in [4.69, 9.17) is 9.84 Å². The molecule has 2 aliphatic rings. The molecular formula is C33H38FN5O3. The maximum atomic E-state index is 15.0. The van der Waals surface area contributed by atoms with Crippen molar-refractivity contribution < 1.29 is 14.2 Å². The second-order valence-corrected chi connectivity index (χ2v) is 11.6. The first kappa shape index (κ1) is 28.3. The summed E-state index contributed by atoms with van der Waals surface area (Å²) >= 11 is 0. The van der Waals surface area contributed by atoms with Crippen LogP contribution in [-0.4, -0.2) is 56.9 Å². The number of rotatable bonds is 10. The highest BCUT2D eigenvalue weighted by Gasteiger charge is 2.30. The van der Waals surface area contributed by atoms with Crippen molar-refractivity contribution in [3.8, 4) is 5.75 Å². The number of fused-ring (bicyclic) bond motifs is 1. The van der Waals surface area contributed by atoms with Gasteiger partial charge in [-0.05, 0) is 75.4 Å². The first-order chi connectivity index (χ1) is 20.4. The van der Waals surface area contributed by atoms with E-state index >= 15 is 4.39 Å². The molecule has 1 aliphatic heterocycles. The molecule has 4 heterocycles. The Labute approximate surface area is 245 Å². The highest BCUT2D eigenvalue weighted by molar-refractivity contribution is 5.81. The van der Waals surface area contributed by atoms with E-state index in [1.54, 1.807) is 6.07 Å². The van der Waals surface area contributed by atoms with Gasteiger partial charge in [0.05, 0.1) is 24.0 Å². The monoisotopic (exact) mass is 571 g/mol. The second-order valence-electron chi connectivity index (χ2n) is 11.6. The fourth-order valence-corrected chi connectivity index (χ4v) is 6.05. The third-order valence-electron chi connectivity index (χ3n) is 8.34. The highest BCUT2D eigenvalue weighted by atomic mass is 19.1. The first-order valence-corrected chi connectivity index (χ1v) is 14.8. The number of pyridine rings is 3. The summed E-state index contributed by atoms with van der Waals surface area (Å²) < 4.78 is 22.6. The number of nitrogens with zero attached hydrogens (tertiary/aromatic N) is 5. The number of benzene rings is 1. The minimum atomic E-state index is -0.591. The van der Waals surface area contributed by atoms with E-state index in [1.807, 2.05) is 44.6 Å². The van der Waals surface area contributed by atoms with Crippen LogP contribution in [0.25, 0.3) is 10.9 Å². The molecule has 1 unspecified atom stereocenters. The molecular weight excluding hydrogens is 533 g/mol. The molecule has 1 aliphatic carbocycles. The van der Waals surface area contributed by atoms with Crippen molar-refractivity contribution in [3.05, 3.63) is 93.5 Å². The van der Waals surface area contributed by atoms with Crippen molar-refractivity contribution in [2.45, 2.75) is 64.7 Å². The molecule has 220 valence electrons. The Morgan fingerprint density at radius 2 is 1.93 bits per heavy atom. The van der Waals surface area contributed by atoms with Crippen LogP contribution in [0.2, 0.25) is 0 Å². The van der Waals surface area contributed by atoms with Crippen LogP contribution in [0.3, 0.4) is 0 Å². The first-order valence-electron chi connectivity index (χ1n) is 14.8. The summed E-state index contributed by atoms with van der Waals surface area (Å²) in [6, 6.07) is 11.7. The molecule has 1 saturated carbocycles. The predicted molar refractivity (Wildman–Crippen MR) is 161 cm³/mol. The molecule has 0 radical (unpaired) electrons. The summed E-state index contributed by atoms with van der Waals surface area (Å²) in [7, 11) is 0. The molecule has 8 nitrogen and oxygen atoms in total. The maximum Gasteiger partial charge on any atom is 0.193 e. The highest BCUT2D eigenvalue weighted by Crippen LogP contribution is 2.38. The van der Waals surface area contributed by atoms with E-state index in [1.165, 1.54) is 6.07 Å². The number of hydrogen-bond donors (Lipinski definition) is 1. The van der Waals surface area contributed by atoms with E-state index in [0.29, 0.717) is 29.6 Å². The van der Waals surface area contributed by atoms with Crippen LogP contribution in [0.15, 0.2) is 59.8 Å². The molecule has 0 amide bonds. The van der Waals surface area contributed by atoms with E-state index < -0.39 is 5.82 Å². The van der Waals surface area contributed by atoms with Gasteiger partial charge in [0.25, 0.3) is 0 Å². The summed E-state index contributed by atoms with van der Waals surface area (Å²) in [5, 5.41) is 9.52. The molecule has 0 bridgehead atoms. The normalized spacial score (nSPS) is 17.3. The van der Waals surface area contributed by atoms with Gasteiger partial charge >= 0.3 is 0 Å². The third kappa shape index (κ3) is 6.17. The lowest BCUT2D eigenvalue weighted by molar-refractivity contribution is 0.158. The van der Waals surface area contributed by atoms with Gasteiger partial charge in [-0.3, -0.25) is 19.7 Å². The fraction of sp³-hybridized carbons (Fsp3) is 0.424. The molecule has 1 saturated heterocycles. The molecule has 6 rings (SSSR count). The van der Waals surface area contributed by atoms with Crippen LogP contribution < -0.4 is 15.1 Å². The number of aliphatic hydroxyl groups excluding tert-OH is 1. The zero-order chi connectivity index (χ0) is 29.2. The molecule has 1 atom stereocenters. The second kappa shape index (κ2) is 12.2. The van der Waals surface area contributed by atoms with Crippen LogP contribution in [0.5, 0.6) is 5.75 Å². The minimum absolute atomic E-state index is 0.00529. The van der Waals surface area contributed by atoms with Gasteiger partial charge in [-0.15, -0.1) is 0 Å². The van der Waals surface area contributed by atoms with E-state index in [0.717, 1.165) is 61.4 Å². The molecule has 9 heteroatoms. The SMILES string of the molecule is Cc1ccc(N2CCCC(N(Cc3ccnc(C)c3)Cc3cn(C4CC4)c4cc(OCCO)c(F)cc4c3=O)C2)cn1. The van der Waals surface area contributed by atoms with Crippen LogP contribution in [0, 0.1) is 19.7 Å². The van der Waals surface area contributed by atoms with Gasteiger partial charge in [-0.25, -0.2) is 4.39 Å². The zero-order valence-corrected chi connectivity index (χ0v) is 24.3. The number of aryl methyl sites for hydroxylation is 2. The topological polar surface area (TPSA) is 83.7 Å². The van der Waals surface area contributed by atoms with Gasteiger partial charge in [0.2, 0.25) is 0 Å². The summed E-state index contributed by atoms with van der Waals surface area (Å²) in [6.07, 6.45) is 9.85. The van der Waals surface area contributed by atoms with Gasteiger partial charge in [0.1, 0.15) is 6.61 Å². The molecule has 4 aromatic rings. The van der Waals surface area contributed by atoms with E-state index in [2.05, 4.69) is 36.5 Å². The average molecular weight is 572 g/mol. The molecule has 0 spiro atoms. The van der Waals surface area contributed by atoms with E-state index in [-0.39, 0.29) is 36.5 Å². The van der Waals surface area contributed by atoms with Crippen molar-refractivity contribution in [3.63, 3.8) is 0 Å². The molecule has 1 N–H and O–H groups in total. The quantitative estimate of drug-likeness (QED) is 0.289. The molecule has 1 aromatic carbocycles. The Morgan fingerprint density at radius 1 is 1.07 bits per heavy atom. The summed E-state index contributed by atoms with van der Waals surface area (Å²) in [5.41, 5.74) is 5.40. The van der Waals surface area contributed by atoms with Crippen molar-refractivity contribution >= 4 is 16.6 Å². The molecule has 2 fully saturated rings. The molecule has 42 heavy (non-hydrogen) atoms. The van der Waals surface area contributed by atoms with Crippen molar-refractivity contribution in [1.29, 1.82) is 0 Å². The lowest BCUT2D eigenvalue weighted by Crippen LogP contribution is -2.48. The largest absolute Gasteiger partial charge is 0.488 e. The van der Waals surface area contributed by atoms with E-state index in [9.17, 15) is 4.79 Å². The van der Waals surface area contributed by atoms with Gasteiger partial charge in [-0.2, -0.15) is 0 Å². The average Bonchev–Trinajstić information content (AvgIpc) is 3.83. The number of hydrogen-bond acceptors (Lipinski definition) is 7. The van der Waals surface area contributed by atoms with Gasteiger partial charge in [0, 0.05) is 79.1 Å². The summed E-state index contributed by atoms with van der Waals surface area (Å²) in [5.74, 6) is -0.535. The third-order valence-corrected chi connectivity index (χ3v) is 8.34. The van der Waals surface area contributed by atoms with Gasteiger partial charge in [-0.1, -0.05) is 0 Å². The molecule has 3 aromatic heterocycles. The standard InChI is InChI=1S/C33H38FN5O3/c1-22-5-6-27(17-36-22)37-11-3-4-28(21-37)38(18-24-9-10-35-23(2)14-24)19-25-20-39(26-7-8-26)31-16-32(42-13-12-40)30(34)15-29(31)33(25)41/h5-6,9-10,14-17,20,26,28,40H,3-4,7-8,11-13,18-19,21H2,1-2H3.